The topological polar surface area (TPSA) is 72.2 Å². The average molecular weight is 256 g/mol. The number of benzene rings is 1. The van der Waals surface area contributed by atoms with Crippen LogP contribution in [0.15, 0.2) is 42.5 Å². The zero-order valence-electron chi connectivity index (χ0n) is 10.7. The van der Waals surface area contributed by atoms with E-state index in [-0.39, 0.29) is 5.91 Å². The highest BCUT2D eigenvalue weighted by molar-refractivity contribution is 5.96. The van der Waals surface area contributed by atoms with Gasteiger partial charge in [0.25, 0.3) is 0 Å². The molecule has 1 aliphatic rings. The molecule has 1 aliphatic carbocycles. The molecular weight excluding hydrogens is 240 g/mol. The fraction of sp³-hybridized carbons (Fsp3) is 0.200. The van der Waals surface area contributed by atoms with Gasteiger partial charge in [0.05, 0.1) is 5.54 Å². The van der Waals surface area contributed by atoms with Gasteiger partial charge in [0, 0.05) is 12.2 Å². The Morgan fingerprint density at radius 1 is 1.32 bits per heavy atom. The molecule has 4 heteroatoms. The summed E-state index contributed by atoms with van der Waals surface area (Å²) in [5.74, 6) is -0.962. The number of hydrogen-bond donors (Lipinski definition) is 2. The van der Waals surface area contributed by atoms with E-state index in [1.165, 1.54) is 0 Å². The summed E-state index contributed by atoms with van der Waals surface area (Å²) in [6.45, 7) is 1.96. The molecule has 1 atom stereocenters. The van der Waals surface area contributed by atoms with E-state index in [1.807, 2.05) is 43.3 Å². The van der Waals surface area contributed by atoms with Gasteiger partial charge >= 0.3 is 0 Å². The Bertz CT molecular complexity index is 575. The average Bonchev–Trinajstić information content (AvgIpc) is 2.37. The fourth-order valence-corrected chi connectivity index (χ4v) is 2.27. The fourth-order valence-electron chi connectivity index (χ4n) is 2.27. The van der Waals surface area contributed by atoms with Crippen LogP contribution in [0.5, 0.6) is 0 Å². The molecule has 1 aromatic carbocycles. The van der Waals surface area contributed by atoms with E-state index < -0.39 is 11.4 Å². The van der Waals surface area contributed by atoms with Crippen LogP contribution in [0.4, 0.5) is 0 Å². The summed E-state index contributed by atoms with van der Waals surface area (Å²) in [6.07, 6.45) is 7.00. The molecular formula is C15H16N2O2. The summed E-state index contributed by atoms with van der Waals surface area (Å²) in [4.78, 5) is 22.4. The van der Waals surface area contributed by atoms with E-state index >= 15 is 0 Å². The first-order valence-electron chi connectivity index (χ1n) is 6.07. The van der Waals surface area contributed by atoms with Crippen molar-refractivity contribution in [1.29, 1.82) is 0 Å². The van der Waals surface area contributed by atoms with Crippen molar-refractivity contribution in [2.24, 2.45) is 5.73 Å². The molecule has 0 aliphatic heterocycles. The number of amides is 2. The highest BCUT2D eigenvalue weighted by Crippen LogP contribution is 2.32. The van der Waals surface area contributed by atoms with Crippen molar-refractivity contribution in [3.63, 3.8) is 0 Å². The standard InChI is InChI=1S/C15H16N2O2/c1-15(17-14(19)9-8-13(16)18)10-4-6-11-5-2-3-7-12(11)15/h2-9H,10H2,1H3,(H2,16,18)(H,17,19)/b9-8-. The lowest BCUT2D eigenvalue weighted by Crippen LogP contribution is -2.43. The number of primary amides is 1. The molecule has 0 heterocycles. The summed E-state index contributed by atoms with van der Waals surface area (Å²) in [7, 11) is 0. The molecule has 0 saturated heterocycles. The maximum atomic E-state index is 11.8. The quantitative estimate of drug-likeness (QED) is 0.804. The van der Waals surface area contributed by atoms with Crippen molar-refractivity contribution in [3.05, 3.63) is 53.6 Å². The molecule has 4 nitrogen and oxygen atoms in total. The summed E-state index contributed by atoms with van der Waals surface area (Å²) in [5, 5.41) is 2.92. The Balaban J connectivity index is 2.22. The molecule has 1 unspecified atom stereocenters. The third kappa shape index (κ3) is 2.91. The molecule has 0 bridgehead atoms. The number of nitrogens with two attached hydrogens (primary N) is 1. The lowest BCUT2D eigenvalue weighted by molar-refractivity contribution is -0.119. The third-order valence-electron chi connectivity index (χ3n) is 3.18. The zero-order valence-corrected chi connectivity index (χ0v) is 10.7. The Morgan fingerprint density at radius 2 is 2.05 bits per heavy atom. The van der Waals surface area contributed by atoms with Crippen LogP contribution >= 0.6 is 0 Å². The predicted molar refractivity (Wildman–Crippen MR) is 73.9 cm³/mol. The molecule has 3 N–H and O–H groups in total. The second-order valence-corrected chi connectivity index (χ2v) is 4.75. The number of carbonyl (C=O) groups is 2. The number of fused-ring (bicyclic) bond motifs is 1. The van der Waals surface area contributed by atoms with Crippen molar-refractivity contribution in [2.75, 3.05) is 0 Å². The van der Waals surface area contributed by atoms with Crippen LogP contribution in [0.2, 0.25) is 0 Å². The molecule has 2 rings (SSSR count). The van der Waals surface area contributed by atoms with Crippen LogP contribution in [0.1, 0.15) is 24.5 Å². The second-order valence-electron chi connectivity index (χ2n) is 4.75. The minimum atomic E-state index is -0.635. The minimum absolute atomic E-state index is 0.327. The SMILES string of the molecule is CC1(NC(=O)/C=C\C(N)=O)CC=Cc2ccccc21. The summed E-state index contributed by atoms with van der Waals surface area (Å²) in [5.41, 5.74) is 6.66. The van der Waals surface area contributed by atoms with Gasteiger partial charge in [0.2, 0.25) is 11.8 Å². The van der Waals surface area contributed by atoms with Crippen molar-refractivity contribution >= 4 is 17.9 Å². The maximum Gasteiger partial charge on any atom is 0.244 e. The highest BCUT2D eigenvalue weighted by Gasteiger charge is 2.30. The van der Waals surface area contributed by atoms with Crippen molar-refractivity contribution in [2.45, 2.75) is 18.9 Å². The lowest BCUT2D eigenvalue weighted by atomic mass is 9.81. The Labute approximate surface area is 112 Å². The number of carbonyl (C=O) groups excluding carboxylic acids is 2. The van der Waals surface area contributed by atoms with Gasteiger partial charge in [0.15, 0.2) is 0 Å². The Morgan fingerprint density at radius 3 is 2.79 bits per heavy atom. The summed E-state index contributed by atoms with van der Waals surface area (Å²) < 4.78 is 0. The molecule has 0 aromatic heterocycles. The Kier molecular flexibility index (Phi) is 3.51. The number of hydrogen-bond acceptors (Lipinski definition) is 2. The van der Waals surface area contributed by atoms with Gasteiger partial charge in [-0.15, -0.1) is 0 Å². The molecule has 0 saturated carbocycles. The summed E-state index contributed by atoms with van der Waals surface area (Å²) >= 11 is 0. The van der Waals surface area contributed by atoms with E-state index in [4.69, 9.17) is 5.73 Å². The van der Waals surface area contributed by atoms with Crippen molar-refractivity contribution in [3.8, 4) is 0 Å². The normalized spacial score (nSPS) is 21.1. The molecule has 0 spiro atoms. The van der Waals surface area contributed by atoms with Gasteiger partial charge in [-0.3, -0.25) is 9.59 Å². The van der Waals surface area contributed by atoms with Gasteiger partial charge in [0.1, 0.15) is 0 Å². The molecule has 1 aromatic rings. The van der Waals surface area contributed by atoms with Gasteiger partial charge in [-0.25, -0.2) is 0 Å². The first-order valence-corrected chi connectivity index (χ1v) is 6.07. The second kappa shape index (κ2) is 5.10. The minimum Gasteiger partial charge on any atom is -0.366 e. The van der Waals surface area contributed by atoms with Crippen LogP contribution in [-0.4, -0.2) is 11.8 Å². The van der Waals surface area contributed by atoms with E-state index in [2.05, 4.69) is 5.32 Å². The van der Waals surface area contributed by atoms with Gasteiger partial charge < -0.3 is 11.1 Å². The van der Waals surface area contributed by atoms with Crippen LogP contribution in [-0.2, 0) is 15.1 Å². The highest BCUT2D eigenvalue weighted by atomic mass is 16.2. The van der Waals surface area contributed by atoms with E-state index in [0.717, 1.165) is 23.3 Å². The van der Waals surface area contributed by atoms with E-state index in [0.29, 0.717) is 6.42 Å². The Hall–Kier alpha value is -2.36. The lowest BCUT2D eigenvalue weighted by Gasteiger charge is -2.33. The molecule has 2 amide bonds. The largest absolute Gasteiger partial charge is 0.366 e. The molecule has 0 fully saturated rings. The zero-order chi connectivity index (χ0) is 13.9. The first-order chi connectivity index (χ1) is 9.01. The maximum absolute atomic E-state index is 11.8. The molecule has 98 valence electrons. The summed E-state index contributed by atoms with van der Waals surface area (Å²) in [6, 6.07) is 7.91. The molecule has 0 radical (unpaired) electrons. The van der Waals surface area contributed by atoms with Crippen LogP contribution < -0.4 is 11.1 Å². The van der Waals surface area contributed by atoms with Gasteiger partial charge in [-0.2, -0.15) is 0 Å². The number of rotatable bonds is 3. The predicted octanol–water partition coefficient (Wildman–Crippen LogP) is 1.48. The van der Waals surface area contributed by atoms with Crippen molar-refractivity contribution < 1.29 is 9.59 Å². The van der Waals surface area contributed by atoms with Crippen LogP contribution in [0.25, 0.3) is 6.08 Å². The third-order valence-corrected chi connectivity index (χ3v) is 3.18. The van der Waals surface area contributed by atoms with Crippen LogP contribution in [0.3, 0.4) is 0 Å². The smallest absolute Gasteiger partial charge is 0.244 e. The van der Waals surface area contributed by atoms with E-state index in [1.54, 1.807) is 0 Å². The number of nitrogens with one attached hydrogen (secondary N) is 1. The first kappa shape index (κ1) is 13.1. The van der Waals surface area contributed by atoms with Gasteiger partial charge in [-0.1, -0.05) is 36.4 Å². The van der Waals surface area contributed by atoms with Crippen LogP contribution in [0, 0.1) is 0 Å². The molecule has 19 heavy (non-hydrogen) atoms. The van der Waals surface area contributed by atoms with Crippen molar-refractivity contribution in [1.82, 2.24) is 5.32 Å². The monoisotopic (exact) mass is 256 g/mol. The van der Waals surface area contributed by atoms with E-state index in [9.17, 15) is 9.59 Å². The van der Waals surface area contributed by atoms with Gasteiger partial charge in [-0.05, 0) is 24.5 Å².